The molecule has 2 aliphatic rings. The van der Waals surface area contributed by atoms with Gasteiger partial charge in [-0.1, -0.05) is 12.8 Å². The molecule has 0 aromatic carbocycles. The molecule has 1 unspecified atom stereocenters. The Kier molecular flexibility index (Phi) is 4.62. The van der Waals surface area contributed by atoms with Gasteiger partial charge >= 0.3 is 0 Å². The Balaban J connectivity index is 1.70. The average molecular weight is 226 g/mol. The van der Waals surface area contributed by atoms with Gasteiger partial charge in [-0.25, -0.2) is 0 Å². The largest absolute Gasteiger partial charge is 0.392 e. The molecule has 0 amide bonds. The topological polar surface area (TPSA) is 35.5 Å². The summed E-state index contributed by atoms with van der Waals surface area (Å²) in [5, 5.41) is 13.5. The van der Waals surface area contributed by atoms with Crippen molar-refractivity contribution in [3.63, 3.8) is 0 Å². The molecule has 0 radical (unpaired) electrons. The van der Waals surface area contributed by atoms with Crippen LogP contribution in [0, 0.1) is 0 Å². The molecule has 94 valence electrons. The zero-order chi connectivity index (χ0) is 11.4. The van der Waals surface area contributed by atoms with Crippen molar-refractivity contribution in [3.8, 4) is 0 Å². The van der Waals surface area contributed by atoms with Gasteiger partial charge in [0.05, 0.1) is 6.10 Å². The Morgan fingerprint density at radius 2 is 1.88 bits per heavy atom. The third-order valence-corrected chi connectivity index (χ3v) is 3.96. The van der Waals surface area contributed by atoms with Crippen molar-refractivity contribution in [1.29, 1.82) is 0 Å². The lowest BCUT2D eigenvalue weighted by Crippen LogP contribution is -2.49. The molecular weight excluding hydrogens is 200 g/mol. The van der Waals surface area contributed by atoms with E-state index in [1.165, 1.54) is 38.8 Å². The first-order valence-corrected chi connectivity index (χ1v) is 6.92. The van der Waals surface area contributed by atoms with E-state index in [0.29, 0.717) is 12.1 Å². The van der Waals surface area contributed by atoms with Crippen LogP contribution >= 0.6 is 0 Å². The first-order chi connectivity index (χ1) is 7.75. The summed E-state index contributed by atoms with van der Waals surface area (Å²) in [6, 6.07) is 0.849. The summed E-state index contributed by atoms with van der Waals surface area (Å²) in [6.07, 6.45) is 7.19. The van der Waals surface area contributed by atoms with Crippen molar-refractivity contribution in [2.45, 2.75) is 63.6 Å². The van der Waals surface area contributed by atoms with Crippen LogP contribution in [0.3, 0.4) is 0 Å². The maximum absolute atomic E-state index is 9.90. The number of aliphatic hydroxyl groups is 1. The van der Waals surface area contributed by atoms with E-state index in [4.69, 9.17) is 0 Å². The molecule has 1 saturated heterocycles. The second-order valence-corrected chi connectivity index (χ2v) is 5.53. The Labute approximate surface area is 99.2 Å². The second-order valence-electron chi connectivity index (χ2n) is 5.53. The highest BCUT2D eigenvalue weighted by molar-refractivity contribution is 4.83. The van der Waals surface area contributed by atoms with Crippen LogP contribution < -0.4 is 5.32 Å². The first kappa shape index (κ1) is 12.3. The zero-order valence-electron chi connectivity index (χ0n) is 10.5. The molecule has 0 aromatic rings. The Morgan fingerprint density at radius 1 is 1.19 bits per heavy atom. The van der Waals surface area contributed by atoms with Crippen LogP contribution in [0.25, 0.3) is 0 Å². The van der Waals surface area contributed by atoms with Crippen molar-refractivity contribution < 1.29 is 5.11 Å². The van der Waals surface area contributed by atoms with Crippen LogP contribution in [-0.2, 0) is 0 Å². The highest BCUT2D eigenvalue weighted by Gasteiger charge is 2.24. The quantitative estimate of drug-likeness (QED) is 0.760. The van der Waals surface area contributed by atoms with E-state index in [9.17, 15) is 5.11 Å². The van der Waals surface area contributed by atoms with Crippen molar-refractivity contribution in [3.05, 3.63) is 0 Å². The molecule has 2 fully saturated rings. The lowest BCUT2D eigenvalue weighted by molar-refractivity contribution is 0.0831. The maximum atomic E-state index is 9.90. The maximum Gasteiger partial charge on any atom is 0.0693 e. The van der Waals surface area contributed by atoms with E-state index in [-0.39, 0.29) is 6.10 Å². The van der Waals surface area contributed by atoms with E-state index in [1.807, 2.05) is 0 Å². The van der Waals surface area contributed by atoms with Crippen LogP contribution in [0.4, 0.5) is 0 Å². The summed E-state index contributed by atoms with van der Waals surface area (Å²) in [4.78, 5) is 2.53. The molecule has 0 aromatic heterocycles. The zero-order valence-corrected chi connectivity index (χ0v) is 10.5. The molecule has 3 nitrogen and oxygen atoms in total. The Morgan fingerprint density at radius 3 is 2.56 bits per heavy atom. The minimum Gasteiger partial charge on any atom is -0.392 e. The van der Waals surface area contributed by atoms with Crippen molar-refractivity contribution >= 4 is 0 Å². The van der Waals surface area contributed by atoms with Gasteiger partial charge in [0, 0.05) is 18.6 Å². The molecule has 1 aliphatic carbocycles. The molecule has 0 bridgehead atoms. The number of hydrogen-bond acceptors (Lipinski definition) is 3. The fourth-order valence-electron chi connectivity index (χ4n) is 3.08. The smallest absolute Gasteiger partial charge is 0.0693 e. The standard InChI is InChI=1S/C13H26N2O/c1-11(10-15-8-4-5-9-15)14-12-6-2-3-7-13(12)16/h11-14,16H,2-10H2,1H3/t11?,12-,13-/m0/s1. The molecule has 1 heterocycles. The van der Waals surface area contributed by atoms with Gasteiger partial charge in [0.1, 0.15) is 0 Å². The van der Waals surface area contributed by atoms with Crippen LogP contribution in [0.5, 0.6) is 0 Å². The summed E-state index contributed by atoms with van der Waals surface area (Å²) in [7, 11) is 0. The number of rotatable bonds is 4. The fraction of sp³-hybridized carbons (Fsp3) is 1.00. The van der Waals surface area contributed by atoms with E-state index in [1.54, 1.807) is 0 Å². The average Bonchev–Trinajstić information content (AvgIpc) is 2.74. The second kappa shape index (κ2) is 5.99. The van der Waals surface area contributed by atoms with Gasteiger partial charge in [-0.2, -0.15) is 0 Å². The summed E-state index contributed by atoms with van der Waals surface area (Å²) >= 11 is 0. The summed E-state index contributed by atoms with van der Waals surface area (Å²) in [6.45, 7) is 5.92. The van der Waals surface area contributed by atoms with Crippen LogP contribution in [0.15, 0.2) is 0 Å². The molecule has 2 rings (SSSR count). The van der Waals surface area contributed by atoms with Gasteiger partial charge in [0.2, 0.25) is 0 Å². The Bertz CT molecular complexity index is 204. The molecule has 3 heteroatoms. The van der Waals surface area contributed by atoms with Crippen LogP contribution in [0.1, 0.15) is 45.4 Å². The fourth-order valence-corrected chi connectivity index (χ4v) is 3.08. The molecule has 0 spiro atoms. The normalized spacial score (nSPS) is 34.1. The lowest BCUT2D eigenvalue weighted by Gasteiger charge is -2.32. The predicted octanol–water partition coefficient (Wildman–Crippen LogP) is 1.36. The molecule has 2 N–H and O–H groups in total. The van der Waals surface area contributed by atoms with Gasteiger partial charge in [0.15, 0.2) is 0 Å². The molecule has 3 atom stereocenters. The van der Waals surface area contributed by atoms with E-state index < -0.39 is 0 Å². The van der Waals surface area contributed by atoms with E-state index in [0.717, 1.165) is 19.4 Å². The van der Waals surface area contributed by atoms with Crippen LogP contribution in [-0.4, -0.2) is 47.8 Å². The first-order valence-electron chi connectivity index (χ1n) is 6.92. The van der Waals surface area contributed by atoms with Gasteiger partial charge in [-0.15, -0.1) is 0 Å². The van der Waals surface area contributed by atoms with E-state index >= 15 is 0 Å². The molecule has 1 aliphatic heterocycles. The summed E-state index contributed by atoms with van der Waals surface area (Å²) in [5.74, 6) is 0. The minimum absolute atomic E-state index is 0.116. The predicted molar refractivity (Wildman–Crippen MR) is 66.5 cm³/mol. The number of likely N-dealkylation sites (tertiary alicyclic amines) is 1. The van der Waals surface area contributed by atoms with Gasteiger partial charge in [-0.3, -0.25) is 0 Å². The van der Waals surface area contributed by atoms with Crippen molar-refractivity contribution in [1.82, 2.24) is 10.2 Å². The number of nitrogens with zero attached hydrogens (tertiary/aromatic N) is 1. The number of aliphatic hydroxyl groups excluding tert-OH is 1. The molecule has 1 saturated carbocycles. The highest BCUT2D eigenvalue weighted by Crippen LogP contribution is 2.19. The number of hydrogen-bond donors (Lipinski definition) is 2. The Hall–Kier alpha value is -0.120. The van der Waals surface area contributed by atoms with Gasteiger partial charge in [-0.05, 0) is 45.7 Å². The minimum atomic E-state index is -0.116. The SMILES string of the molecule is CC(CN1CCCC1)N[C@H]1CCCC[C@@H]1O. The summed E-state index contributed by atoms with van der Waals surface area (Å²) in [5.41, 5.74) is 0. The van der Waals surface area contributed by atoms with E-state index in [2.05, 4.69) is 17.1 Å². The van der Waals surface area contributed by atoms with Crippen molar-refractivity contribution in [2.75, 3.05) is 19.6 Å². The highest BCUT2D eigenvalue weighted by atomic mass is 16.3. The molecular formula is C13H26N2O. The summed E-state index contributed by atoms with van der Waals surface area (Å²) < 4.78 is 0. The molecule has 16 heavy (non-hydrogen) atoms. The number of nitrogens with one attached hydrogen (secondary N) is 1. The third kappa shape index (κ3) is 3.44. The lowest BCUT2D eigenvalue weighted by atomic mass is 9.92. The van der Waals surface area contributed by atoms with Gasteiger partial charge in [0.25, 0.3) is 0 Å². The third-order valence-electron chi connectivity index (χ3n) is 3.96. The van der Waals surface area contributed by atoms with Gasteiger partial charge < -0.3 is 15.3 Å². The van der Waals surface area contributed by atoms with Crippen molar-refractivity contribution in [2.24, 2.45) is 0 Å². The monoisotopic (exact) mass is 226 g/mol. The van der Waals surface area contributed by atoms with Crippen LogP contribution in [0.2, 0.25) is 0 Å².